The fourth-order valence-corrected chi connectivity index (χ4v) is 3.39. The first-order valence-corrected chi connectivity index (χ1v) is 8.49. The van der Waals surface area contributed by atoms with Crippen LogP contribution in [0.2, 0.25) is 0 Å². The molecule has 0 saturated carbocycles. The molecule has 0 bridgehead atoms. The van der Waals surface area contributed by atoms with Gasteiger partial charge >= 0.3 is 0 Å². The maximum Gasteiger partial charge on any atom is 0.267 e. The highest BCUT2D eigenvalue weighted by Crippen LogP contribution is 2.23. The minimum atomic E-state index is -0.638. The van der Waals surface area contributed by atoms with Crippen LogP contribution in [0.1, 0.15) is 31.5 Å². The Morgan fingerprint density at radius 1 is 1.23 bits per heavy atom. The number of aryl methyl sites for hydroxylation is 1. The van der Waals surface area contributed by atoms with Gasteiger partial charge in [-0.25, -0.2) is 13.8 Å². The van der Waals surface area contributed by atoms with Crippen molar-refractivity contribution >= 4 is 22.9 Å². The Morgan fingerprint density at radius 2 is 1.96 bits per heavy atom. The standard InChI is InChI=1S/C19H13F2N3OS/c1-11-18(19(25)24-15-6-7-16(21)13(9-15)10-22)26-17(23-11)8-12-2-4-14(20)5-3-12/h2-7,9H,8H2,1H3,(H,24,25). The summed E-state index contributed by atoms with van der Waals surface area (Å²) in [7, 11) is 0. The number of halogens is 2. The van der Waals surface area contributed by atoms with Crippen LogP contribution >= 0.6 is 11.3 Å². The van der Waals surface area contributed by atoms with Gasteiger partial charge in [0.15, 0.2) is 0 Å². The van der Waals surface area contributed by atoms with Crippen LogP contribution in [0.25, 0.3) is 0 Å². The van der Waals surface area contributed by atoms with Crippen molar-refractivity contribution in [3.63, 3.8) is 0 Å². The molecule has 0 saturated heterocycles. The lowest BCUT2D eigenvalue weighted by Crippen LogP contribution is -2.11. The molecule has 1 amide bonds. The Morgan fingerprint density at radius 3 is 2.65 bits per heavy atom. The summed E-state index contributed by atoms with van der Waals surface area (Å²) < 4.78 is 26.3. The first-order valence-electron chi connectivity index (χ1n) is 7.68. The van der Waals surface area contributed by atoms with Gasteiger partial charge in [-0.3, -0.25) is 4.79 Å². The van der Waals surface area contributed by atoms with Crippen molar-refractivity contribution in [1.82, 2.24) is 4.98 Å². The van der Waals surface area contributed by atoms with Gasteiger partial charge in [-0.15, -0.1) is 11.3 Å². The molecule has 130 valence electrons. The highest BCUT2D eigenvalue weighted by molar-refractivity contribution is 7.14. The van der Waals surface area contributed by atoms with Gasteiger partial charge in [-0.2, -0.15) is 5.26 Å². The summed E-state index contributed by atoms with van der Waals surface area (Å²) in [6.07, 6.45) is 0.494. The van der Waals surface area contributed by atoms with Crippen LogP contribution in [-0.4, -0.2) is 10.9 Å². The fraction of sp³-hybridized carbons (Fsp3) is 0.105. The summed E-state index contributed by atoms with van der Waals surface area (Å²) in [5, 5.41) is 12.2. The zero-order valence-corrected chi connectivity index (χ0v) is 14.5. The van der Waals surface area contributed by atoms with Crippen molar-refractivity contribution in [3.05, 3.63) is 80.8 Å². The fourth-order valence-electron chi connectivity index (χ4n) is 2.39. The lowest BCUT2D eigenvalue weighted by Gasteiger charge is -2.04. The number of carbonyl (C=O) groups excluding carboxylic acids is 1. The third kappa shape index (κ3) is 3.92. The molecule has 2 aromatic carbocycles. The van der Waals surface area contributed by atoms with Crippen LogP contribution in [0.4, 0.5) is 14.5 Å². The Bertz CT molecular complexity index is 1010. The van der Waals surface area contributed by atoms with E-state index >= 15 is 0 Å². The van der Waals surface area contributed by atoms with E-state index in [9.17, 15) is 13.6 Å². The number of benzene rings is 2. The Hall–Kier alpha value is -3.11. The first kappa shape index (κ1) is 17.7. The highest BCUT2D eigenvalue weighted by atomic mass is 32.1. The predicted molar refractivity (Wildman–Crippen MR) is 95.1 cm³/mol. The van der Waals surface area contributed by atoms with Crippen LogP contribution in [-0.2, 0) is 6.42 Å². The van der Waals surface area contributed by atoms with Crippen LogP contribution in [0, 0.1) is 29.9 Å². The van der Waals surface area contributed by atoms with Gasteiger partial charge in [0, 0.05) is 12.1 Å². The molecule has 0 atom stereocenters. The monoisotopic (exact) mass is 369 g/mol. The number of nitrogens with one attached hydrogen (secondary N) is 1. The highest BCUT2D eigenvalue weighted by Gasteiger charge is 2.16. The van der Waals surface area contributed by atoms with Crippen molar-refractivity contribution in [2.75, 3.05) is 5.32 Å². The summed E-state index contributed by atoms with van der Waals surface area (Å²) in [6.45, 7) is 1.73. The van der Waals surface area contributed by atoms with E-state index in [0.717, 1.165) is 16.6 Å². The Kier molecular flexibility index (Phi) is 5.05. The summed E-state index contributed by atoms with van der Waals surface area (Å²) in [4.78, 5) is 17.3. The summed E-state index contributed by atoms with van der Waals surface area (Å²) >= 11 is 1.24. The number of thiazole rings is 1. The van der Waals surface area contributed by atoms with Crippen molar-refractivity contribution in [1.29, 1.82) is 5.26 Å². The average Bonchev–Trinajstić information content (AvgIpc) is 2.99. The number of rotatable bonds is 4. The molecular formula is C19H13F2N3OS. The van der Waals surface area contributed by atoms with E-state index < -0.39 is 5.82 Å². The van der Waals surface area contributed by atoms with E-state index in [2.05, 4.69) is 10.3 Å². The molecule has 3 rings (SSSR count). The molecule has 3 aromatic rings. The molecule has 0 radical (unpaired) electrons. The SMILES string of the molecule is Cc1nc(Cc2ccc(F)cc2)sc1C(=O)Nc1ccc(F)c(C#N)c1. The number of nitriles is 1. The van der Waals surface area contributed by atoms with E-state index in [1.807, 2.05) is 0 Å². The normalized spacial score (nSPS) is 10.4. The second kappa shape index (κ2) is 7.42. The first-order chi connectivity index (χ1) is 12.5. The lowest BCUT2D eigenvalue weighted by atomic mass is 10.1. The number of aromatic nitrogens is 1. The molecule has 1 aromatic heterocycles. The molecule has 0 fully saturated rings. The minimum Gasteiger partial charge on any atom is -0.321 e. The number of hydrogen-bond donors (Lipinski definition) is 1. The smallest absolute Gasteiger partial charge is 0.267 e. The molecular weight excluding hydrogens is 356 g/mol. The Balaban J connectivity index is 1.77. The predicted octanol–water partition coefficient (Wildman–Crippen LogP) is 4.44. The number of amides is 1. The van der Waals surface area contributed by atoms with Gasteiger partial charge < -0.3 is 5.32 Å². The zero-order valence-electron chi connectivity index (χ0n) is 13.7. The number of anilines is 1. The van der Waals surface area contributed by atoms with Crippen molar-refractivity contribution in [2.24, 2.45) is 0 Å². The van der Waals surface area contributed by atoms with Crippen molar-refractivity contribution < 1.29 is 13.6 Å². The molecule has 1 N–H and O–H groups in total. The van der Waals surface area contributed by atoms with Crippen molar-refractivity contribution in [3.8, 4) is 6.07 Å². The molecule has 0 aliphatic heterocycles. The van der Waals surface area contributed by atoms with Crippen LogP contribution in [0.3, 0.4) is 0 Å². The molecule has 0 unspecified atom stereocenters. The summed E-state index contributed by atoms with van der Waals surface area (Å²) in [5.41, 5.74) is 1.66. The van der Waals surface area contributed by atoms with Gasteiger partial charge in [0.25, 0.3) is 5.91 Å². The van der Waals surface area contributed by atoms with E-state index in [4.69, 9.17) is 5.26 Å². The van der Waals surface area contributed by atoms with E-state index in [0.29, 0.717) is 22.7 Å². The molecule has 0 aliphatic carbocycles. The second-order valence-electron chi connectivity index (χ2n) is 5.59. The van der Waals surface area contributed by atoms with E-state index in [1.54, 1.807) is 25.1 Å². The average molecular weight is 369 g/mol. The molecule has 1 heterocycles. The van der Waals surface area contributed by atoms with Crippen LogP contribution < -0.4 is 5.32 Å². The van der Waals surface area contributed by atoms with Crippen LogP contribution in [0.15, 0.2) is 42.5 Å². The summed E-state index contributed by atoms with van der Waals surface area (Å²) in [6, 6.07) is 11.6. The van der Waals surface area contributed by atoms with Gasteiger partial charge in [0.1, 0.15) is 22.6 Å². The molecule has 7 heteroatoms. The van der Waals surface area contributed by atoms with E-state index in [1.165, 1.54) is 35.6 Å². The molecule has 0 spiro atoms. The van der Waals surface area contributed by atoms with E-state index in [-0.39, 0.29) is 17.3 Å². The quantitative estimate of drug-likeness (QED) is 0.739. The topological polar surface area (TPSA) is 65.8 Å². The molecule has 0 aliphatic rings. The third-order valence-corrected chi connectivity index (χ3v) is 4.82. The number of nitrogens with zero attached hydrogens (tertiary/aromatic N) is 2. The Labute approximate surface area is 152 Å². The van der Waals surface area contributed by atoms with Crippen molar-refractivity contribution in [2.45, 2.75) is 13.3 Å². The second-order valence-corrected chi connectivity index (χ2v) is 6.67. The van der Waals surface area contributed by atoms with Gasteiger partial charge in [-0.1, -0.05) is 12.1 Å². The van der Waals surface area contributed by atoms with Gasteiger partial charge in [0.2, 0.25) is 0 Å². The minimum absolute atomic E-state index is 0.138. The zero-order chi connectivity index (χ0) is 18.7. The lowest BCUT2D eigenvalue weighted by molar-refractivity contribution is 0.103. The number of hydrogen-bond acceptors (Lipinski definition) is 4. The molecule has 26 heavy (non-hydrogen) atoms. The molecule has 4 nitrogen and oxygen atoms in total. The maximum absolute atomic E-state index is 13.4. The summed E-state index contributed by atoms with van der Waals surface area (Å²) in [5.74, 6) is -1.32. The largest absolute Gasteiger partial charge is 0.321 e. The van der Waals surface area contributed by atoms with Gasteiger partial charge in [-0.05, 0) is 42.8 Å². The maximum atomic E-state index is 13.4. The number of carbonyl (C=O) groups is 1. The van der Waals surface area contributed by atoms with Crippen LogP contribution in [0.5, 0.6) is 0 Å². The third-order valence-electron chi connectivity index (χ3n) is 3.66. The van der Waals surface area contributed by atoms with Gasteiger partial charge in [0.05, 0.1) is 16.3 Å².